The molecule has 0 spiro atoms. The first kappa shape index (κ1) is 22.9. The minimum atomic E-state index is -1.51. The summed E-state index contributed by atoms with van der Waals surface area (Å²) in [5.74, 6) is -2.82. The molecule has 0 saturated heterocycles. The van der Waals surface area contributed by atoms with Gasteiger partial charge in [-0.1, -0.05) is 0 Å². The Morgan fingerprint density at radius 1 is 1.20 bits per heavy atom. The molecular weight excluding hydrogens is 352 g/mol. The summed E-state index contributed by atoms with van der Waals surface area (Å²) in [5, 5.41) is 23.1. The predicted molar refractivity (Wildman–Crippen MR) is 94.9 cm³/mol. The van der Waals surface area contributed by atoms with Crippen LogP contribution in [0.4, 0.5) is 0 Å². The number of guanidine groups is 1. The largest absolute Gasteiger partial charge is 0.480 e. The molecule has 0 aromatic carbocycles. The van der Waals surface area contributed by atoms with Gasteiger partial charge in [-0.15, -0.1) is 0 Å². The van der Waals surface area contributed by atoms with Crippen LogP contribution in [-0.2, 0) is 14.4 Å². The summed E-state index contributed by atoms with van der Waals surface area (Å²) in [6.45, 7) is 1.45. The van der Waals surface area contributed by atoms with Crippen molar-refractivity contribution in [2.24, 2.45) is 22.2 Å². The molecule has 0 radical (unpaired) electrons. The van der Waals surface area contributed by atoms with E-state index in [1.807, 2.05) is 0 Å². The first-order chi connectivity index (χ1) is 11.6. The van der Waals surface area contributed by atoms with Crippen LogP contribution >= 0.6 is 12.6 Å². The molecule has 0 heterocycles. The molecule has 0 unspecified atom stereocenters. The van der Waals surface area contributed by atoms with Crippen LogP contribution in [0.15, 0.2) is 4.99 Å². The highest BCUT2D eigenvalue weighted by Crippen LogP contribution is 2.02. The number of carboxylic acids is 1. The molecule has 0 aliphatic heterocycles. The lowest BCUT2D eigenvalue weighted by molar-refractivity contribution is -0.145. The number of nitrogens with two attached hydrogens (primary N) is 3. The predicted octanol–water partition coefficient (Wildman–Crippen LogP) is -3.27. The zero-order chi connectivity index (χ0) is 19.6. The van der Waals surface area contributed by atoms with Crippen LogP contribution in [0.25, 0.3) is 0 Å². The second-order valence-electron chi connectivity index (χ2n) is 5.36. The quantitative estimate of drug-likeness (QED) is 0.0790. The fraction of sp³-hybridized carbons (Fsp3) is 0.692. The number of hydrogen-bond donors (Lipinski definition) is 8. The van der Waals surface area contributed by atoms with Gasteiger partial charge in [0.05, 0.1) is 12.1 Å². The third kappa shape index (κ3) is 9.12. The second kappa shape index (κ2) is 11.5. The molecule has 0 aromatic rings. The Kier molecular flexibility index (Phi) is 10.6. The number of amides is 2. The van der Waals surface area contributed by atoms with Gasteiger partial charge in [-0.25, -0.2) is 4.79 Å². The van der Waals surface area contributed by atoms with Crippen LogP contribution in [0.5, 0.6) is 0 Å². The highest BCUT2D eigenvalue weighted by Gasteiger charge is 2.29. The van der Waals surface area contributed by atoms with Crippen molar-refractivity contribution in [2.75, 3.05) is 12.3 Å². The van der Waals surface area contributed by atoms with Gasteiger partial charge in [-0.05, 0) is 19.8 Å². The van der Waals surface area contributed by atoms with Crippen molar-refractivity contribution in [1.29, 1.82) is 0 Å². The number of thiol groups is 1. The fourth-order valence-electron chi connectivity index (χ4n) is 1.78. The van der Waals surface area contributed by atoms with Crippen LogP contribution in [0, 0.1) is 0 Å². The van der Waals surface area contributed by atoms with Crippen molar-refractivity contribution < 1.29 is 24.6 Å². The Labute approximate surface area is 150 Å². The minimum Gasteiger partial charge on any atom is -0.480 e. The first-order valence-corrected chi connectivity index (χ1v) is 8.16. The van der Waals surface area contributed by atoms with Crippen LogP contribution in [0.3, 0.4) is 0 Å². The lowest BCUT2D eigenvalue weighted by Crippen LogP contribution is -2.56. The summed E-state index contributed by atoms with van der Waals surface area (Å²) in [5.41, 5.74) is 15.9. The lowest BCUT2D eigenvalue weighted by atomic mass is 10.1. The monoisotopic (exact) mass is 378 g/mol. The first-order valence-electron chi connectivity index (χ1n) is 7.53. The zero-order valence-electron chi connectivity index (χ0n) is 13.9. The number of aliphatic hydroxyl groups excluding tert-OH is 1. The summed E-state index contributed by atoms with van der Waals surface area (Å²) in [6, 6.07) is -3.50. The molecule has 10 N–H and O–H groups in total. The summed E-state index contributed by atoms with van der Waals surface area (Å²) < 4.78 is 0. The Bertz CT molecular complexity index is 497. The number of nitrogens with one attached hydrogen (secondary N) is 2. The molecule has 0 bridgehead atoms. The molecule has 25 heavy (non-hydrogen) atoms. The molecule has 0 saturated carbocycles. The number of nitrogens with zero attached hydrogens (tertiary/aromatic N) is 1. The molecule has 11 nitrogen and oxygen atoms in total. The molecule has 4 atom stereocenters. The Morgan fingerprint density at radius 2 is 1.80 bits per heavy atom. The van der Waals surface area contributed by atoms with Gasteiger partial charge in [0.15, 0.2) is 12.0 Å². The van der Waals surface area contributed by atoms with Crippen LogP contribution in [-0.4, -0.2) is 70.5 Å². The summed E-state index contributed by atoms with van der Waals surface area (Å²) in [4.78, 5) is 39.0. The average molecular weight is 378 g/mol. The van der Waals surface area contributed by atoms with Crippen LogP contribution in [0.2, 0.25) is 0 Å². The molecule has 0 aliphatic rings. The SMILES string of the molecule is C[C@@H](O)[C@H](NC(=O)[C@H](CCCN=C(N)N)NC(=O)[C@@H](N)CS)C(=O)O. The van der Waals surface area contributed by atoms with Crippen LogP contribution < -0.4 is 27.8 Å². The number of aliphatic carboxylic acids is 1. The van der Waals surface area contributed by atoms with Gasteiger partial charge >= 0.3 is 5.97 Å². The van der Waals surface area contributed by atoms with E-state index in [9.17, 15) is 19.5 Å². The van der Waals surface area contributed by atoms with Crippen molar-refractivity contribution in [3.8, 4) is 0 Å². The Morgan fingerprint density at radius 3 is 2.24 bits per heavy atom. The normalized spacial score (nSPS) is 15.4. The molecular formula is C13H26N6O5S. The maximum atomic E-state index is 12.3. The molecule has 0 rings (SSSR count). The van der Waals surface area contributed by atoms with Crippen molar-refractivity contribution in [3.63, 3.8) is 0 Å². The van der Waals surface area contributed by atoms with Gasteiger partial charge in [0.1, 0.15) is 6.04 Å². The van der Waals surface area contributed by atoms with E-state index in [0.717, 1.165) is 0 Å². The Hall–Kier alpha value is -2.05. The topological polar surface area (TPSA) is 206 Å². The Balaban J connectivity index is 5.01. The average Bonchev–Trinajstić information content (AvgIpc) is 2.53. The standard InChI is InChI=1S/C13H26N6O5S/c1-6(20)9(12(23)24)19-11(22)8(3-2-4-17-13(15)16)18-10(21)7(14)5-25/h6-9,20,25H,2-5,14H2,1H3,(H,18,21)(H,19,22)(H,23,24)(H4,15,16,17)/t6-,7+,8+,9+/m1/s1. The number of hydrogen-bond acceptors (Lipinski definition) is 7. The minimum absolute atomic E-state index is 0.0690. The van der Waals surface area contributed by atoms with E-state index in [0.29, 0.717) is 6.42 Å². The molecule has 0 aromatic heterocycles. The van der Waals surface area contributed by atoms with Crippen molar-refractivity contribution >= 4 is 36.4 Å². The third-order valence-electron chi connectivity index (χ3n) is 3.16. The van der Waals surface area contributed by atoms with Gasteiger partial charge in [-0.3, -0.25) is 14.6 Å². The number of rotatable bonds is 11. The van der Waals surface area contributed by atoms with Crippen molar-refractivity contribution in [2.45, 2.75) is 44.0 Å². The lowest BCUT2D eigenvalue weighted by Gasteiger charge is -2.23. The van der Waals surface area contributed by atoms with E-state index >= 15 is 0 Å². The highest BCUT2D eigenvalue weighted by molar-refractivity contribution is 7.80. The molecule has 0 aliphatic carbocycles. The number of carboxylic acid groups (broad SMARTS) is 1. The van der Waals surface area contributed by atoms with Gasteiger partial charge < -0.3 is 38.0 Å². The van der Waals surface area contributed by atoms with Crippen molar-refractivity contribution in [3.05, 3.63) is 0 Å². The zero-order valence-corrected chi connectivity index (χ0v) is 14.8. The number of aliphatic hydroxyl groups is 1. The molecule has 0 fully saturated rings. The number of carbonyl (C=O) groups excluding carboxylic acids is 2. The molecule has 2 amide bonds. The molecule has 12 heteroatoms. The highest BCUT2D eigenvalue weighted by atomic mass is 32.1. The summed E-state index contributed by atoms with van der Waals surface area (Å²) >= 11 is 3.90. The summed E-state index contributed by atoms with van der Waals surface area (Å²) in [7, 11) is 0. The van der Waals surface area contributed by atoms with Gasteiger partial charge in [0.25, 0.3) is 0 Å². The maximum absolute atomic E-state index is 12.3. The summed E-state index contributed by atoms with van der Waals surface area (Å²) in [6.07, 6.45) is -0.836. The van der Waals surface area contributed by atoms with E-state index in [1.165, 1.54) is 6.92 Å². The van der Waals surface area contributed by atoms with E-state index in [-0.39, 0.29) is 24.7 Å². The van der Waals surface area contributed by atoms with Crippen LogP contribution in [0.1, 0.15) is 19.8 Å². The fourth-order valence-corrected chi connectivity index (χ4v) is 1.94. The van der Waals surface area contributed by atoms with Gasteiger partial charge in [0.2, 0.25) is 11.8 Å². The second-order valence-corrected chi connectivity index (χ2v) is 5.73. The van der Waals surface area contributed by atoms with E-state index in [1.54, 1.807) is 0 Å². The van der Waals surface area contributed by atoms with E-state index in [4.69, 9.17) is 22.3 Å². The van der Waals surface area contributed by atoms with E-state index in [2.05, 4.69) is 28.3 Å². The van der Waals surface area contributed by atoms with Crippen molar-refractivity contribution in [1.82, 2.24) is 10.6 Å². The van der Waals surface area contributed by atoms with Gasteiger partial charge in [-0.2, -0.15) is 12.6 Å². The smallest absolute Gasteiger partial charge is 0.328 e. The number of aliphatic imine (C=N–C) groups is 1. The van der Waals surface area contributed by atoms with Gasteiger partial charge in [0, 0.05) is 12.3 Å². The number of carbonyl (C=O) groups is 3. The third-order valence-corrected chi connectivity index (χ3v) is 3.55. The van der Waals surface area contributed by atoms with E-state index < -0.39 is 42.0 Å². The molecule has 144 valence electrons. The maximum Gasteiger partial charge on any atom is 0.328 e.